The lowest BCUT2D eigenvalue weighted by molar-refractivity contribution is 0.1000. The number of sulfonamides is 1. The third kappa shape index (κ3) is 4.71. The number of aromatic nitrogens is 2. The number of pyridine rings is 1. The van der Waals surface area contributed by atoms with Crippen LogP contribution in [0.3, 0.4) is 0 Å². The van der Waals surface area contributed by atoms with Gasteiger partial charge in [-0.3, -0.25) is 9.78 Å². The Bertz CT molecular complexity index is 1550. The van der Waals surface area contributed by atoms with Crippen LogP contribution in [0.1, 0.15) is 46.3 Å². The second-order valence-electron chi connectivity index (χ2n) is 9.44. The van der Waals surface area contributed by atoms with Crippen LogP contribution in [0.25, 0.3) is 5.69 Å². The Hall–Kier alpha value is -3.02. The minimum absolute atomic E-state index is 0.00836. The van der Waals surface area contributed by atoms with Crippen molar-refractivity contribution in [2.75, 3.05) is 24.2 Å². The standard InChI is InChI=1S/C26H29BrN6O3S/c1-4-37(35,36)32-9-8-18(14-32)30-24-21(27)13-29-23-12-22(31-25(23)24)20-10-15(2)33(16(20)3)19-7-5-6-17(11-19)26(28)34/h5-7,10-11,13,18H,4,8-9,12,14H2,1-3H3,(H2,28,34)(H,29,30)/t18-/m0/s1. The minimum Gasteiger partial charge on any atom is -0.378 e. The number of aryl methyl sites for hydroxylation is 1. The fourth-order valence-electron chi connectivity index (χ4n) is 5.13. The molecule has 0 spiro atoms. The molecule has 1 saturated heterocycles. The third-order valence-corrected chi connectivity index (χ3v) is 9.50. The molecule has 1 fully saturated rings. The molecule has 0 aliphatic carbocycles. The summed E-state index contributed by atoms with van der Waals surface area (Å²) in [6.45, 7) is 6.67. The Kier molecular flexibility index (Phi) is 6.71. The van der Waals surface area contributed by atoms with Crippen LogP contribution in [-0.4, -0.2) is 58.8 Å². The summed E-state index contributed by atoms with van der Waals surface area (Å²) >= 11 is 3.61. The predicted octanol–water partition coefficient (Wildman–Crippen LogP) is 3.86. The first-order chi connectivity index (χ1) is 17.6. The number of primary amides is 1. The van der Waals surface area contributed by atoms with Crippen LogP contribution in [0, 0.1) is 13.8 Å². The molecule has 9 nitrogen and oxygen atoms in total. The average Bonchev–Trinajstić information content (AvgIpc) is 3.58. The van der Waals surface area contributed by atoms with Gasteiger partial charge in [-0.25, -0.2) is 13.4 Å². The van der Waals surface area contributed by atoms with E-state index in [0.717, 1.165) is 56.3 Å². The lowest BCUT2D eigenvalue weighted by Gasteiger charge is -2.18. The number of fused-ring (bicyclic) bond motifs is 1. The maximum atomic E-state index is 12.3. The van der Waals surface area contributed by atoms with Crippen LogP contribution in [0.4, 0.5) is 11.4 Å². The Morgan fingerprint density at radius 1 is 1.27 bits per heavy atom. The molecule has 3 aromatic rings. The van der Waals surface area contributed by atoms with Gasteiger partial charge in [0.05, 0.1) is 27.3 Å². The van der Waals surface area contributed by atoms with Crippen LogP contribution >= 0.6 is 15.9 Å². The summed E-state index contributed by atoms with van der Waals surface area (Å²) in [5.41, 5.74) is 13.3. The molecule has 3 N–H and O–H groups in total. The number of rotatable bonds is 7. The summed E-state index contributed by atoms with van der Waals surface area (Å²) in [7, 11) is -3.21. The number of nitrogens with one attached hydrogen (secondary N) is 1. The molecular weight excluding hydrogens is 556 g/mol. The summed E-state index contributed by atoms with van der Waals surface area (Å²) in [6.07, 6.45) is 3.09. The van der Waals surface area contributed by atoms with Crippen LogP contribution in [0.5, 0.6) is 0 Å². The maximum absolute atomic E-state index is 12.3. The Morgan fingerprint density at radius 2 is 2.05 bits per heavy atom. The van der Waals surface area contributed by atoms with E-state index < -0.39 is 15.9 Å². The molecule has 0 saturated carbocycles. The van der Waals surface area contributed by atoms with Gasteiger partial charge in [0.15, 0.2) is 0 Å². The number of anilines is 1. The van der Waals surface area contributed by atoms with Gasteiger partial charge < -0.3 is 15.6 Å². The van der Waals surface area contributed by atoms with Crippen molar-refractivity contribution in [2.24, 2.45) is 10.7 Å². The van der Waals surface area contributed by atoms with E-state index in [1.807, 2.05) is 26.0 Å². The molecule has 2 aromatic heterocycles. The zero-order chi connectivity index (χ0) is 26.5. The first-order valence-corrected chi connectivity index (χ1v) is 14.6. The van der Waals surface area contributed by atoms with E-state index in [-0.39, 0.29) is 11.8 Å². The second kappa shape index (κ2) is 9.70. The molecule has 194 valence electrons. The lowest BCUT2D eigenvalue weighted by atomic mass is 10.1. The molecule has 4 heterocycles. The first kappa shape index (κ1) is 25.6. The van der Waals surface area contributed by atoms with E-state index in [4.69, 9.17) is 10.7 Å². The van der Waals surface area contributed by atoms with Gasteiger partial charge in [0.25, 0.3) is 0 Å². The number of hydrogen-bond acceptors (Lipinski definition) is 6. The molecule has 11 heteroatoms. The largest absolute Gasteiger partial charge is 0.378 e. The Morgan fingerprint density at radius 3 is 2.78 bits per heavy atom. The molecule has 2 aliphatic heterocycles. The molecule has 0 bridgehead atoms. The second-order valence-corrected chi connectivity index (χ2v) is 12.5. The summed E-state index contributed by atoms with van der Waals surface area (Å²) in [5, 5.41) is 3.53. The summed E-state index contributed by atoms with van der Waals surface area (Å²) in [4.78, 5) is 21.3. The van der Waals surface area contributed by atoms with Crippen molar-refractivity contribution >= 4 is 48.9 Å². The van der Waals surface area contributed by atoms with Crippen LogP contribution < -0.4 is 11.1 Å². The smallest absolute Gasteiger partial charge is 0.248 e. The molecular formula is C26H29BrN6O3S. The Balaban J connectivity index is 1.46. The number of nitrogens with two attached hydrogens (primary N) is 1. The molecule has 1 atom stereocenters. The van der Waals surface area contributed by atoms with E-state index in [2.05, 4.69) is 36.9 Å². The van der Waals surface area contributed by atoms with Crippen molar-refractivity contribution < 1.29 is 13.2 Å². The number of carbonyl (C=O) groups is 1. The summed E-state index contributed by atoms with van der Waals surface area (Å²) in [6, 6.07) is 9.37. The summed E-state index contributed by atoms with van der Waals surface area (Å²) in [5.74, 6) is -0.359. The topological polar surface area (TPSA) is 123 Å². The van der Waals surface area contributed by atoms with E-state index in [1.54, 1.807) is 29.6 Å². The van der Waals surface area contributed by atoms with Gasteiger partial charge >= 0.3 is 0 Å². The highest BCUT2D eigenvalue weighted by Gasteiger charge is 2.32. The van der Waals surface area contributed by atoms with Gasteiger partial charge in [0.2, 0.25) is 15.9 Å². The molecule has 37 heavy (non-hydrogen) atoms. The van der Waals surface area contributed by atoms with Gasteiger partial charge in [-0.1, -0.05) is 6.07 Å². The fourth-order valence-corrected chi connectivity index (χ4v) is 6.69. The zero-order valence-electron chi connectivity index (χ0n) is 21.0. The van der Waals surface area contributed by atoms with Crippen molar-refractivity contribution in [1.82, 2.24) is 13.9 Å². The number of benzene rings is 1. The quantitative estimate of drug-likeness (QED) is 0.436. The van der Waals surface area contributed by atoms with Gasteiger partial charge in [-0.15, -0.1) is 0 Å². The zero-order valence-corrected chi connectivity index (χ0v) is 23.4. The molecule has 0 unspecified atom stereocenters. The normalized spacial score (nSPS) is 17.6. The average molecular weight is 586 g/mol. The van der Waals surface area contributed by atoms with Crippen LogP contribution in [0.2, 0.25) is 0 Å². The number of aliphatic imine (C=N–C) groups is 1. The van der Waals surface area contributed by atoms with Crippen LogP contribution in [0.15, 0.2) is 46.0 Å². The van der Waals surface area contributed by atoms with E-state index >= 15 is 0 Å². The first-order valence-electron chi connectivity index (χ1n) is 12.2. The SMILES string of the molecule is CCS(=O)(=O)N1CC[C@H](Nc2c(Br)cnc3c2N=C(c2cc(C)n(-c4cccc(C(N)=O)c4)c2C)C3)C1. The maximum Gasteiger partial charge on any atom is 0.248 e. The van der Waals surface area contributed by atoms with E-state index in [9.17, 15) is 13.2 Å². The number of carbonyl (C=O) groups excluding carboxylic acids is 1. The van der Waals surface area contributed by atoms with Gasteiger partial charge in [-0.2, -0.15) is 4.31 Å². The van der Waals surface area contributed by atoms with Gasteiger partial charge in [-0.05, 0) is 67.4 Å². The molecule has 2 aliphatic rings. The lowest BCUT2D eigenvalue weighted by Crippen LogP contribution is -2.32. The highest BCUT2D eigenvalue weighted by molar-refractivity contribution is 9.10. The Labute approximate surface area is 225 Å². The molecule has 1 amide bonds. The number of amides is 1. The van der Waals surface area contributed by atoms with Crippen molar-refractivity contribution in [1.29, 1.82) is 0 Å². The number of halogens is 1. The van der Waals surface area contributed by atoms with Crippen molar-refractivity contribution in [3.8, 4) is 5.69 Å². The fraction of sp³-hybridized carbons (Fsp3) is 0.346. The van der Waals surface area contributed by atoms with Crippen LogP contribution in [-0.2, 0) is 16.4 Å². The monoisotopic (exact) mass is 584 g/mol. The highest BCUT2D eigenvalue weighted by Crippen LogP contribution is 2.41. The van der Waals surface area contributed by atoms with Gasteiger partial charge in [0.1, 0.15) is 5.69 Å². The third-order valence-electron chi connectivity index (χ3n) is 7.05. The highest BCUT2D eigenvalue weighted by atomic mass is 79.9. The molecule has 5 rings (SSSR count). The molecule has 0 radical (unpaired) electrons. The number of nitrogens with zero attached hydrogens (tertiary/aromatic N) is 4. The van der Waals surface area contributed by atoms with E-state index in [0.29, 0.717) is 25.1 Å². The summed E-state index contributed by atoms with van der Waals surface area (Å²) < 4.78 is 29.0. The predicted molar refractivity (Wildman–Crippen MR) is 149 cm³/mol. The number of hydrogen-bond donors (Lipinski definition) is 2. The minimum atomic E-state index is -3.21. The molecule has 1 aromatic carbocycles. The van der Waals surface area contributed by atoms with E-state index in [1.165, 1.54) is 0 Å². The van der Waals surface area contributed by atoms with Crippen molar-refractivity contribution in [2.45, 2.75) is 39.7 Å². The van der Waals surface area contributed by atoms with Crippen molar-refractivity contribution in [3.63, 3.8) is 0 Å². The van der Waals surface area contributed by atoms with Gasteiger partial charge in [0, 0.05) is 60.0 Å². The van der Waals surface area contributed by atoms with Crippen molar-refractivity contribution in [3.05, 3.63) is 69.2 Å².